The monoisotopic (exact) mass is 503 g/mol. The molecule has 0 unspecified atom stereocenters. The lowest BCUT2D eigenvalue weighted by Gasteiger charge is -2.44. The Labute approximate surface area is 206 Å². The van der Waals surface area contributed by atoms with Crippen molar-refractivity contribution in [3.8, 4) is 0 Å². The molecule has 1 amide bonds. The van der Waals surface area contributed by atoms with Gasteiger partial charge in [0.25, 0.3) is 0 Å². The summed E-state index contributed by atoms with van der Waals surface area (Å²) in [5, 5.41) is 10.1. The van der Waals surface area contributed by atoms with E-state index in [2.05, 4.69) is 4.98 Å². The van der Waals surface area contributed by atoms with E-state index >= 15 is 0 Å². The quantitative estimate of drug-likeness (QED) is 0.264. The number of fused-ring (bicyclic) bond motifs is 2. The van der Waals surface area contributed by atoms with E-state index in [-0.39, 0.29) is 29.3 Å². The van der Waals surface area contributed by atoms with Crippen LogP contribution in [0.25, 0.3) is 10.4 Å². The first-order valence-electron chi connectivity index (χ1n) is 11.4. The number of ketones is 1. The van der Waals surface area contributed by atoms with Gasteiger partial charge in [-0.15, -0.1) is 11.3 Å². The number of rotatable bonds is 7. The molecule has 1 saturated heterocycles. The number of Topliss-reactive ketones (excluding diaryl/α,β-unsaturated/α-hetero) is 1. The van der Waals surface area contributed by atoms with Gasteiger partial charge in [-0.3, -0.25) is 18.8 Å². The van der Waals surface area contributed by atoms with Gasteiger partial charge in [-0.05, 0) is 34.1 Å². The highest BCUT2D eigenvalue weighted by atomic mass is 32.1. The van der Waals surface area contributed by atoms with Crippen LogP contribution in [0.2, 0.25) is 0 Å². The zero-order chi connectivity index (χ0) is 25.8. The summed E-state index contributed by atoms with van der Waals surface area (Å²) < 4.78 is 12.0. The number of hydrogen-bond acceptors (Lipinski definition) is 9. The number of aromatic nitrogens is 2. The van der Waals surface area contributed by atoms with Crippen LogP contribution in [0.1, 0.15) is 63.3 Å². The molecule has 0 spiro atoms. The maximum Gasteiger partial charge on any atom is 0.358 e. The summed E-state index contributed by atoms with van der Waals surface area (Å²) in [6.45, 7) is 9.61. The van der Waals surface area contributed by atoms with E-state index < -0.39 is 36.2 Å². The van der Waals surface area contributed by atoms with Gasteiger partial charge in [0, 0.05) is 17.7 Å². The second-order valence-electron chi connectivity index (χ2n) is 10.2. The fraction of sp³-hybridized carbons (Fsp3) is 0.542. The van der Waals surface area contributed by atoms with Crippen molar-refractivity contribution < 1.29 is 33.8 Å². The molecule has 0 saturated carbocycles. The Bertz CT molecular complexity index is 1250. The third-order valence-electron chi connectivity index (χ3n) is 6.18. The van der Waals surface area contributed by atoms with Crippen LogP contribution in [-0.4, -0.2) is 62.0 Å². The molecular formula is C24H29N3O7S. The first-order valence-corrected chi connectivity index (χ1v) is 12.2. The second-order valence-corrected chi connectivity index (χ2v) is 11.3. The average molecular weight is 504 g/mol. The number of nitrogens with zero attached hydrogens (tertiary/aromatic N) is 3. The highest BCUT2D eigenvalue weighted by Crippen LogP contribution is 2.48. The van der Waals surface area contributed by atoms with Gasteiger partial charge in [0.1, 0.15) is 22.5 Å². The smallest absolute Gasteiger partial charge is 0.358 e. The molecule has 2 aromatic rings. The predicted octanol–water partition coefficient (Wildman–Crippen LogP) is 2.65. The molecule has 3 atom stereocenters. The number of hydrogen-bond donors (Lipinski definition) is 1. The molecule has 35 heavy (non-hydrogen) atoms. The van der Waals surface area contributed by atoms with Crippen LogP contribution in [0.15, 0.2) is 18.2 Å². The van der Waals surface area contributed by atoms with Gasteiger partial charge in [-0.2, -0.15) is 0 Å². The van der Waals surface area contributed by atoms with Crippen LogP contribution in [0.5, 0.6) is 0 Å². The van der Waals surface area contributed by atoms with E-state index in [9.17, 15) is 24.3 Å². The SMILES string of the molecule is CC(C)C(=O)c1ncn2cc(C3=C(C(=O)OCOC(=O)C(C)(C)C)N4C(=O)[C@H]([C@@H](C)O)[C@H]4C3)sc12. The van der Waals surface area contributed by atoms with Crippen molar-refractivity contribution in [2.45, 2.75) is 60.1 Å². The molecule has 4 rings (SSSR count). The van der Waals surface area contributed by atoms with Crippen molar-refractivity contribution in [2.24, 2.45) is 17.3 Å². The zero-order valence-corrected chi connectivity index (χ0v) is 21.3. The van der Waals surface area contributed by atoms with Gasteiger partial charge in [0.2, 0.25) is 12.7 Å². The summed E-state index contributed by atoms with van der Waals surface area (Å²) in [4.78, 5) is 57.4. The summed E-state index contributed by atoms with van der Waals surface area (Å²) in [7, 11) is 0. The normalized spacial score (nSPS) is 20.8. The molecule has 2 aliphatic heterocycles. The molecule has 11 heteroatoms. The van der Waals surface area contributed by atoms with Gasteiger partial charge < -0.3 is 19.5 Å². The Morgan fingerprint density at radius 2 is 1.91 bits per heavy atom. The van der Waals surface area contributed by atoms with E-state index in [1.54, 1.807) is 58.5 Å². The lowest BCUT2D eigenvalue weighted by Crippen LogP contribution is -2.61. The summed E-state index contributed by atoms with van der Waals surface area (Å²) >= 11 is 1.30. The summed E-state index contributed by atoms with van der Waals surface area (Å²) in [6.07, 6.45) is 2.79. The molecule has 188 valence electrons. The van der Waals surface area contributed by atoms with Crippen molar-refractivity contribution in [1.29, 1.82) is 0 Å². The van der Waals surface area contributed by atoms with Crippen LogP contribution >= 0.6 is 11.3 Å². The van der Waals surface area contributed by atoms with Crippen molar-refractivity contribution in [2.75, 3.05) is 6.79 Å². The zero-order valence-electron chi connectivity index (χ0n) is 20.5. The molecule has 10 nitrogen and oxygen atoms in total. The van der Waals surface area contributed by atoms with Gasteiger partial charge in [0.15, 0.2) is 5.78 Å². The molecule has 0 radical (unpaired) electrons. The van der Waals surface area contributed by atoms with E-state index in [0.717, 1.165) is 0 Å². The molecule has 2 aliphatic rings. The largest absolute Gasteiger partial charge is 0.427 e. The van der Waals surface area contributed by atoms with Crippen LogP contribution in [-0.2, 0) is 23.9 Å². The lowest BCUT2D eigenvalue weighted by atomic mass is 9.83. The number of amides is 1. The van der Waals surface area contributed by atoms with Crippen LogP contribution < -0.4 is 0 Å². The molecule has 4 heterocycles. The number of imidazole rings is 1. The van der Waals surface area contributed by atoms with Gasteiger partial charge >= 0.3 is 11.9 Å². The number of aliphatic hydroxyl groups is 1. The molecule has 0 aromatic carbocycles. The number of esters is 2. The van der Waals surface area contributed by atoms with Crippen molar-refractivity contribution >= 4 is 45.4 Å². The Morgan fingerprint density at radius 1 is 1.23 bits per heavy atom. The lowest BCUT2D eigenvalue weighted by molar-refractivity contribution is -0.175. The number of carbonyl (C=O) groups excluding carboxylic acids is 4. The Kier molecular flexibility index (Phi) is 6.35. The number of carbonyl (C=O) groups is 4. The minimum Gasteiger partial charge on any atom is -0.427 e. The highest BCUT2D eigenvalue weighted by Gasteiger charge is 2.57. The van der Waals surface area contributed by atoms with Crippen molar-refractivity contribution in [1.82, 2.24) is 14.3 Å². The second kappa shape index (κ2) is 8.87. The molecule has 0 aliphatic carbocycles. The van der Waals surface area contributed by atoms with E-state index in [0.29, 0.717) is 27.4 Å². The summed E-state index contributed by atoms with van der Waals surface area (Å²) in [5.41, 5.74) is 0.244. The van der Waals surface area contributed by atoms with E-state index in [1.165, 1.54) is 16.2 Å². The van der Waals surface area contributed by atoms with E-state index in [1.807, 2.05) is 0 Å². The molecule has 1 N–H and O–H groups in total. The van der Waals surface area contributed by atoms with Crippen LogP contribution in [0.4, 0.5) is 0 Å². The minimum absolute atomic E-state index is 0.0675. The molecule has 0 bridgehead atoms. The third-order valence-corrected chi connectivity index (χ3v) is 7.35. The first-order chi connectivity index (χ1) is 16.3. The van der Waals surface area contributed by atoms with Gasteiger partial charge in [-0.25, -0.2) is 9.78 Å². The van der Waals surface area contributed by atoms with Crippen LogP contribution in [0, 0.1) is 17.3 Å². The maximum absolute atomic E-state index is 13.1. The third kappa shape index (κ3) is 4.27. The minimum atomic E-state index is -0.869. The Hall–Kier alpha value is -3.05. The summed E-state index contributed by atoms with van der Waals surface area (Å²) in [6, 6.07) is -0.381. The highest BCUT2D eigenvalue weighted by molar-refractivity contribution is 7.18. The number of β-lactam (4-membered cyclic amide) rings is 1. The van der Waals surface area contributed by atoms with Gasteiger partial charge in [-0.1, -0.05) is 13.8 Å². The average Bonchev–Trinajstić information content (AvgIpc) is 3.42. The summed E-state index contributed by atoms with van der Waals surface area (Å²) in [5.74, 6) is -2.62. The molecular weight excluding hydrogens is 474 g/mol. The standard InChI is InChI=1S/C24H29N3O7S/c1-11(2)19(29)17-21-26(9-25-17)8-15(35-21)13-7-14-16(12(3)28)20(30)27(14)18(13)22(31)33-10-34-23(32)24(4,5)6/h8-9,11-12,14,16,28H,7,10H2,1-6H3/t12-,14-,16-/m1/s1. The van der Waals surface area contributed by atoms with Gasteiger partial charge in [0.05, 0.1) is 28.4 Å². The fourth-order valence-corrected chi connectivity index (χ4v) is 5.42. The van der Waals surface area contributed by atoms with Crippen molar-refractivity contribution in [3.63, 3.8) is 0 Å². The van der Waals surface area contributed by atoms with Crippen LogP contribution in [0.3, 0.4) is 0 Å². The topological polar surface area (TPSA) is 128 Å². The Morgan fingerprint density at radius 3 is 2.51 bits per heavy atom. The number of aliphatic hydroxyl groups excluding tert-OH is 1. The molecule has 2 aromatic heterocycles. The Balaban J connectivity index is 1.67. The first kappa shape index (κ1) is 25.1. The van der Waals surface area contributed by atoms with Crippen molar-refractivity contribution in [3.05, 3.63) is 28.8 Å². The predicted molar refractivity (Wildman–Crippen MR) is 126 cm³/mol. The fourth-order valence-electron chi connectivity index (χ4n) is 4.28. The number of thiazole rings is 1. The maximum atomic E-state index is 13.1. The molecule has 1 fully saturated rings. The number of ether oxygens (including phenoxy) is 2. The van der Waals surface area contributed by atoms with E-state index in [4.69, 9.17) is 9.47 Å².